The van der Waals surface area contributed by atoms with Crippen molar-refractivity contribution in [3.63, 3.8) is 0 Å². The van der Waals surface area contributed by atoms with Crippen molar-refractivity contribution in [3.8, 4) is 11.3 Å². The first-order chi connectivity index (χ1) is 7.59. The van der Waals surface area contributed by atoms with E-state index in [9.17, 15) is 10.0 Å². The summed E-state index contributed by atoms with van der Waals surface area (Å²) in [6.07, 6.45) is 3.16. The highest BCUT2D eigenvalue weighted by Gasteiger charge is 2.19. The molecule has 2 aromatic heterocycles. The van der Waals surface area contributed by atoms with Crippen molar-refractivity contribution in [2.75, 3.05) is 0 Å². The first-order valence-corrected chi connectivity index (χ1v) is 4.54. The lowest BCUT2D eigenvalue weighted by atomic mass is 10.2. The molecule has 6 heteroatoms. The van der Waals surface area contributed by atoms with Gasteiger partial charge in [0.25, 0.3) is 0 Å². The van der Waals surface area contributed by atoms with Gasteiger partial charge in [-0.15, -0.1) is 0 Å². The van der Waals surface area contributed by atoms with Gasteiger partial charge >= 0.3 is 11.7 Å². The Morgan fingerprint density at radius 2 is 2.31 bits per heavy atom. The van der Waals surface area contributed by atoms with Crippen molar-refractivity contribution < 1.29 is 14.6 Å². The number of carboxylic acids is 1. The van der Waals surface area contributed by atoms with Crippen LogP contribution in [0.25, 0.3) is 11.3 Å². The maximum atomic E-state index is 11.7. The molecule has 0 unspecified atom stereocenters. The number of nitrogens with zero attached hydrogens (tertiary/aromatic N) is 3. The highest BCUT2D eigenvalue weighted by Crippen LogP contribution is 2.13. The van der Waals surface area contributed by atoms with Crippen LogP contribution >= 0.6 is 0 Å². The van der Waals surface area contributed by atoms with Crippen LogP contribution in [0.3, 0.4) is 0 Å². The minimum Gasteiger partial charge on any atom is -0.618 e. The van der Waals surface area contributed by atoms with E-state index in [1.807, 2.05) is 0 Å². The summed E-state index contributed by atoms with van der Waals surface area (Å²) in [5.41, 5.74) is 0.551. The van der Waals surface area contributed by atoms with Crippen LogP contribution in [-0.4, -0.2) is 20.9 Å². The van der Waals surface area contributed by atoms with Gasteiger partial charge in [-0.2, -0.15) is 9.83 Å². The van der Waals surface area contributed by atoms with Crippen LogP contribution in [0, 0.1) is 5.21 Å². The Labute approximate surface area is 91.0 Å². The molecule has 2 aromatic rings. The molecule has 0 atom stereocenters. The van der Waals surface area contributed by atoms with E-state index in [1.54, 1.807) is 24.0 Å². The molecule has 0 aliphatic carbocycles. The molecule has 0 aliphatic rings. The maximum absolute atomic E-state index is 11.7. The summed E-state index contributed by atoms with van der Waals surface area (Å²) in [7, 11) is 1.72. The van der Waals surface area contributed by atoms with Crippen LogP contribution in [-0.2, 0) is 7.05 Å². The van der Waals surface area contributed by atoms with E-state index in [0.29, 0.717) is 10.3 Å². The molecule has 6 nitrogen and oxygen atoms in total. The molecule has 0 bridgehead atoms. The summed E-state index contributed by atoms with van der Waals surface area (Å²) in [6.45, 7) is 0. The van der Waals surface area contributed by atoms with Gasteiger partial charge in [0, 0.05) is 25.4 Å². The fraction of sp³-hybridized carbons (Fsp3) is 0.100. The lowest BCUT2D eigenvalue weighted by Crippen LogP contribution is -2.36. The van der Waals surface area contributed by atoms with E-state index in [-0.39, 0.29) is 11.4 Å². The smallest absolute Gasteiger partial charge is 0.402 e. The number of rotatable bonds is 2. The Kier molecular flexibility index (Phi) is 2.32. The highest BCUT2D eigenvalue weighted by molar-refractivity contribution is 5.84. The van der Waals surface area contributed by atoms with Crippen LogP contribution in [0.1, 0.15) is 10.5 Å². The molecule has 0 amide bonds. The molecule has 16 heavy (non-hydrogen) atoms. The molecule has 0 spiro atoms. The monoisotopic (exact) mass is 219 g/mol. The first-order valence-electron chi connectivity index (χ1n) is 4.54. The highest BCUT2D eigenvalue weighted by atomic mass is 16.5. The Morgan fingerprint density at radius 3 is 2.88 bits per heavy atom. The third-order valence-corrected chi connectivity index (χ3v) is 2.17. The Morgan fingerprint density at radius 1 is 1.56 bits per heavy atom. The summed E-state index contributed by atoms with van der Waals surface area (Å²) in [6, 6.07) is 4.34. The van der Waals surface area contributed by atoms with Crippen LogP contribution in [0.15, 0.2) is 30.6 Å². The molecule has 2 rings (SSSR count). The second kappa shape index (κ2) is 3.65. The largest absolute Gasteiger partial charge is 0.618 e. The molecule has 0 fully saturated rings. The van der Waals surface area contributed by atoms with Gasteiger partial charge in [-0.05, 0) is 6.07 Å². The second-order valence-corrected chi connectivity index (χ2v) is 3.30. The van der Waals surface area contributed by atoms with Crippen molar-refractivity contribution in [1.82, 2.24) is 9.78 Å². The van der Waals surface area contributed by atoms with Crippen LogP contribution in [0.2, 0.25) is 0 Å². The van der Waals surface area contributed by atoms with Gasteiger partial charge in [0.1, 0.15) is 0 Å². The van der Waals surface area contributed by atoms with Crippen LogP contribution < -0.4 is 4.73 Å². The number of pyridine rings is 1. The fourth-order valence-corrected chi connectivity index (χ4v) is 1.42. The zero-order valence-corrected chi connectivity index (χ0v) is 8.49. The molecule has 0 saturated carbocycles. The van der Waals surface area contributed by atoms with E-state index in [4.69, 9.17) is 5.11 Å². The van der Waals surface area contributed by atoms with Gasteiger partial charge in [0.2, 0.25) is 5.69 Å². The Bertz CT molecular complexity index is 548. The summed E-state index contributed by atoms with van der Waals surface area (Å²) in [5, 5.41) is 24.4. The molecular formula is C10H9N3O3. The molecule has 0 saturated heterocycles. The number of aromatic carboxylic acids is 1. The fourth-order valence-electron chi connectivity index (χ4n) is 1.42. The van der Waals surface area contributed by atoms with Gasteiger partial charge in [-0.3, -0.25) is 4.68 Å². The summed E-state index contributed by atoms with van der Waals surface area (Å²) >= 11 is 0. The van der Waals surface area contributed by atoms with Crippen LogP contribution in [0.4, 0.5) is 0 Å². The minimum absolute atomic E-state index is 0.271. The van der Waals surface area contributed by atoms with E-state index in [1.165, 1.54) is 18.3 Å². The first kappa shape index (κ1) is 10.2. The molecule has 82 valence electrons. The molecule has 0 radical (unpaired) electrons. The average Bonchev–Trinajstić information content (AvgIpc) is 2.64. The van der Waals surface area contributed by atoms with Gasteiger partial charge in [-0.1, -0.05) is 0 Å². The summed E-state index contributed by atoms with van der Waals surface area (Å²) < 4.78 is 1.93. The third kappa shape index (κ3) is 1.60. The van der Waals surface area contributed by atoms with E-state index in [0.717, 1.165) is 0 Å². The topological polar surface area (TPSA) is 82.1 Å². The van der Waals surface area contributed by atoms with Crippen molar-refractivity contribution >= 4 is 5.97 Å². The predicted molar refractivity (Wildman–Crippen MR) is 54.6 cm³/mol. The quantitative estimate of drug-likeness (QED) is 0.586. The molecule has 0 aromatic carbocycles. The van der Waals surface area contributed by atoms with Gasteiger partial charge in [0.15, 0.2) is 0 Å². The van der Waals surface area contributed by atoms with E-state index >= 15 is 0 Å². The van der Waals surface area contributed by atoms with Crippen molar-refractivity contribution in [3.05, 3.63) is 41.5 Å². The molecular weight excluding hydrogens is 210 g/mol. The number of carboxylic acid groups (broad SMARTS) is 1. The van der Waals surface area contributed by atoms with Crippen LogP contribution in [0.5, 0.6) is 0 Å². The SMILES string of the molecule is Cn1cc(-c2cccc(C(=O)O)[n+]2[O-])cn1. The molecule has 0 aliphatic heterocycles. The average molecular weight is 219 g/mol. The lowest BCUT2D eigenvalue weighted by molar-refractivity contribution is -0.596. The zero-order chi connectivity index (χ0) is 11.7. The number of hydrogen-bond donors (Lipinski definition) is 1. The third-order valence-electron chi connectivity index (χ3n) is 2.17. The Balaban J connectivity index is 2.58. The van der Waals surface area contributed by atoms with Gasteiger partial charge < -0.3 is 10.3 Å². The van der Waals surface area contributed by atoms with Gasteiger partial charge in [-0.25, -0.2) is 4.79 Å². The van der Waals surface area contributed by atoms with Crippen molar-refractivity contribution in [1.29, 1.82) is 0 Å². The van der Waals surface area contributed by atoms with Crippen molar-refractivity contribution in [2.45, 2.75) is 0 Å². The lowest BCUT2D eigenvalue weighted by Gasteiger charge is -2.04. The summed E-state index contributed by atoms with van der Waals surface area (Å²) in [5.74, 6) is -1.25. The van der Waals surface area contributed by atoms with Crippen molar-refractivity contribution in [2.24, 2.45) is 7.05 Å². The number of aryl methyl sites for hydroxylation is 1. The number of hydrogen-bond acceptors (Lipinski definition) is 3. The maximum Gasteiger partial charge on any atom is 0.402 e. The molecule has 1 N–H and O–H groups in total. The van der Waals surface area contributed by atoms with E-state index in [2.05, 4.69) is 5.10 Å². The molecule has 2 heterocycles. The Hall–Kier alpha value is -2.37. The number of carbonyl (C=O) groups is 1. The summed E-state index contributed by atoms with van der Waals surface area (Å²) in [4.78, 5) is 10.8. The van der Waals surface area contributed by atoms with E-state index < -0.39 is 5.97 Å². The standard InChI is InChI=1S/C10H9N3O3/c1-12-6-7(5-11-12)8-3-2-4-9(10(14)15)13(8)16/h2-6H,1H3,(H,14,15). The zero-order valence-electron chi connectivity index (χ0n) is 8.49. The van der Waals surface area contributed by atoms with Gasteiger partial charge in [0.05, 0.1) is 11.8 Å². The number of aromatic nitrogens is 3. The normalized spacial score (nSPS) is 10.3. The predicted octanol–water partition coefficient (Wildman–Crippen LogP) is 0.419. The minimum atomic E-state index is -1.25. The second-order valence-electron chi connectivity index (χ2n) is 3.30.